The summed E-state index contributed by atoms with van der Waals surface area (Å²) >= 11 is 0. The largest absolute Gasteiger partial charge is 0.100 e. The molecule has 0 unspecified atom stereocenters. The maximum absolute atomic E-state index is 3.95. The molecule has 0 heterocycles. The molecule has 0 aromatic rings. The molecule has 1 aliphatic rings. The van der Waals surface area contributed by atoms with Crippen LogP contribution in [0.15, 0.2) is 12.2 Å². The van der Waals surface area contributed by atoms with Gasteiger partial charge in [0.05, 0.1) is 0 Å². The van der Waals surface area contributed by atoms with E-state index >= 15 is 0 Å². The highest BCUT2D eigenvalue weighted by molar-refractivity contribution is 4.87. The van der Waals surface area contributed by atoms with Crippen LogP contribution in [0.1, 0.15) is 58.8 Å². The summed E-state index contributed by atoms with van der Waals surface area (Å²) in [6.45, 7) is 8.48. The van der Waals surface area contributed by atoms with E-state index in [0.29, 0.717) is 0 Å². The molecule has 0 aliphatic heterocycles. The van der Waals surface area contributed by atoms with E-state index in [1.54, 1.807) is 0 Å². The molecule has 0 amide bonds. The molecule has 0 aromatic carbocycles. The van der Waals surface area contributed by atoms with E-state index in [9.17, 15) is 0 Å². The molecule has 1 fully saturated rings. The highest BCUT2D eigenvalue weighted by Crippen LogP contribution is 2.31. The standard InChI is InChI=1S/C13H24/c1-11(2)5-4-6-13-9-7-12(3)8-10-13/h12-13H,1,4-10H2,2-3H3. The lowest BCUT2D eigenvalue weighted by molar-refractivity contribution is 0.273. The maximum Gasteiger partial charge on any atom is -0.0326 e. The smallest absolute Gasteiger partial charge is 0.0326 e. The first-order valence-electron chi connectivity index (χ1n) is 5.83. The number of rotatable bonds is 4. The molecule has 0 spiro atoms. The second-order valence-corrected chi connectivity index (χ2v) is 4.98. The SMILES string of the molecule is C=C(C)CCCC1CCC(C)CC1. The zero-order valence-electron chi connectivity index (χ0n) is 9.31. The summed E-state index contributed by atoms with van der Waals surface area (Å²) < 4.78 is 0. The molecule has 1 rings (SSSR count). The van der Waals surface area contributed by atoms with Crippen molar-refractivity contribution in [2.24, 2.45) is 11.8 Å². The monoisotopic (exact) mass is 180 g/mol. The van der Waals surface area contributed by atoms with Crippen molar-refractivity contribution in [2.45, 2.75) is 58.8 Å². The highest BCUT2D eigenvalue weighted by atomic mass is 14.2. The van der Waals surface area contributed by atoms with Crippen molar-refractivity contribution in [3.63, 3.8) is 0 Å². The van der Waals surface area contributed by atoms with E-state index in [2.05, 4.69) is 20.4 Å². The lowest BCUT2D eigenvalue weighted by Gasteiger charge is -2.26. The average molecular weight is 180 g/mol. The van der Waals surface area contributed by atoms with Crippen molar-refractivity contribution in [3.8, 4) is 0 Å². The Balaban J connectivity index is 2.05. The van der Waals surface area contributed by atoms with E-state index in [4.69, 9.17) is 0 Å². The maximum atomic E-state index is 3.95. The van der Waals surface area contributed by atoms with Gasteiger partial charge in [-0.25, -0.2) is 0 Å². The fourth-order valence-electron chi connectivity index (χ4n) is 2.31. The number of hydrogen-bond donors (Lipinski definition) is 0. The van der Waals surface area contributed by atoms with Crippen LogP contribution < -0.4 is 0 Å². The average Bonchev–Trinajstić information content (AvgIpc) is 2.08. The van der Waals surface area contributed by atoms with Gasteiger partial charge in [-0.3, -0.25) is 0 Å². The third-order valence-corrected chi connectivity index (χ3v) is 3.35. The Labute approximate surface area is 83.4 Å². The van der Waals surface area contributed by atoms with Gasteiger partial charge in [0.15, 0.2) is 0 Å². The molecule has 0 N–H and O–H groups in total. The molecule has 0 saturated heterocycles. The summed E-state index contributed by atoms with van der Waals surface area (Å²) in [5.41, 5.74) is 1.35. The second-order valence-electron chi connectivity index (χ2n) is 4.98. The van der Waals surface area contributed by atoms with Crippen molar-refractivity contribution >= 4 is 0 Å². The van der Waals surface area contributed by atoms with Gasteiger partial charge >= 0.3 is 0 Å². The Bertz CT molecular complexity index is 149. The molecule has 1 saturated carbocycles. The Morgan fingerprint density at radius 3 is 2.38 bits per heavy atom. The summed E-state index contributed by atoms with van der Waals surface area (Å²) in [6, 6.07) is 0. The lowest BCUT2D eigenvalue weighted by atomic mass is 9.80. The van der Waals surface area contributed by atoms with Gasteiger partial charge in [0.2, 0.25) is 0 Å². The molecular weight excluding hydrogens is 156 g/mol. The van der Waals surface area contributed by atoms with Crippen LogP contribution >= 0.6 is 0 Å². The summed E-state index contributed by atoms with van der Waals surface area (Å²) in [4.78, 5) is 0. The Morgan fingerprint density at radius 2 is 1.85 bits per heavy atom. The van der Waals surface area contributed by atoms with Crippen LogP contribution in [0.2, 0.25) is 0 Å². The fraction of sp³-hybridized carbons (Fsp3) is 0.846. The van der Waals surface area contributed by atoms with Crippen LogP contribution in [0.5, 0.6) is 0 Å². The van der Waals surface area contributed by atoms with Crippen molar-refractivity contribution in [1.29, 1.82) is 0 Å². The van der Waals surface area contributed by atoms with Crippen LogP contribution in [0, 0.1) is 11.8 Å². The van der Waals surface area contributed by atoms with E-state index < -0.39 is 0 Å². The summed E-state index contributed by atoms with van der Waals surface area (Å²) in [5.74, 6) is 2.04. The van der Waals surface area contributed by atoms with Crippen LogP contribution in [0.4, 0.5) is 0 Å². The molecule has 0 nitrogen and oxygen atoms in total. The molecule has 13 heavy (non-hydrogen) atoms. The molecule has 0 bridgehead atoms. The Kier molecular flexibility index (Phi) is 4.55. The third kappa shape index (κ3) is 4.50. The van der Waals surface area contributed by atoms with Crippen LogP contribution in [0.25, 0.3) is 0 Å². The first-order chi connectivity index (χ1) is 6.18. The quantitative estimate of drug-likeness (QED) is 0.556. The normalized spacial score (nSPS) is 28.8. The first-order valence-corrected chi connectivity index (χ1v) is 5.83. The van der Waals surface area contributed by atoms with E-state index in [-0.39, 0.29) is 0 Å². The molecule has 0 heteroatoms. The van der Waals surface area contributed by atoms with Gasteiger partial charge in [-0.2, -0.15) is 0 Å². The fourth-order valence-corrected chi connectivity index (χ4v) is 2.31. The van der Waals surface area contributed by atoms with Gasteiger partial charge in [-0.15, -0.1) is 6.58 Å². The second kappa shape index (κ2) is 5.47. The van der Waals surface area contributed by atoms with E-state index in [1.807, 2.05) is 0 Å². The van der Waals surface area contributed by atoms with Crippen LogP contribution in [-0.4, -0.2) is 0 Å². The summed E-state index contributed by atoms with van der Waals surface area (Å²) in [6.07, 6.45) is 9.96. The molecule has 0 radical (unpaired) electrons. The van der Waals surface area contributed by atoms with Gasteiger partial charge in [0.1, 0.15) is 0 Å². The summed E-state index contributed by atoms with van der Waals surface area (Å²) in [5, 5.41) is 0. The van der Waals surface area contributed by atoms with Crippen molar-refractivity contribution < 1.29 is 0 Å². The van der Waals surface area contributed by atoms with Gasteiger partial charge < -0.3 is 0 Å². The molecule has 76 valence electrons. The zero-order valence-corrected chi connectivity index (χ0v) is 9.31. The van der Waals surface area contributed by atoms with Gasteiger partial charge in [0.25, 0.3) is 0 Å². The number of allylic oxidation sites excluding steroid dienone is 1. The molecule has 0 aromatic heterocycles. The first kappa shape index (κ1) is 10.8. The van der Waals surface area contributed by atoms with Gasteiger partial charge in [-0.05, 0) is 31.6 Å². The number of hydrogen-bond acceptors (Lipinski definition) is 0. The minimum absolute atomic E-state index is 0.998. The van der Waals surface area contributed by atoms with Gasteiger partial charge in [-0.1, -0.05) is 44.6 Å². The van der Waals surface area contributed by atoms with Gasteiger partial charge in [0, 0.05) is 0 Å². The van der Waals surface area contributed by atoms with Crippen molar-refractivity contribution in [1.82, 2.24) is 0 Å². The van der Waals surface area contributed by atoms with Crippen molar-refractivity contribution in [3.05, 3.63) is 12.2 Å². The molecular formula is C13H24. The zero-order chi connectivity index (χ0) is 9.68. The third-order valence-electron chi connectivity index (χ3n) is 3.35. The topological polar surface area (TPSA) is 0 Å². The summed E-state index contributed by atoms with van der Waals surface area (Å²) in [7, 11) is 0. The minimum atomic E-state index is 0.998. The van der Waals surface area contributed by atoms with E-state index in [0.717, 1.165) is 11.8 Å². The van der Waals surface area contributed by atoms with Crippen molar-refractivity contribution in [2.75, 3.05) is 0 Å². The predicted molar refractivity (Wildman–Crippen MR) is 59.8 cm³/mol. The molecule has 0 atom stereocenters. The minimum Gasteiger partial charge on any atom is -0.100 e. The van der Waals surface area contributed by atoms with Crippen LogP contribution in [0.3, 0.4) is 0 Å². The van der Waals surface area contributed by atoms with Crippen LogP contribution in [-0.2, 0) is 0 Å². The molecule has 1 aliphatic carbocycles. The Morgan fingerprint density at radius 1 is 1.23 bits per heavy atom. The Hall–Kier alpha value is -0.260. The highest BCUT2D eigenvalue weighted by Gasteiger charge is 2.17. The lowest BCUT2D eigenvalue weighted by Crippen LogP contribution is -2.12. The van der Waals surface area contributed by atoms with E-state index in [1.165, 1.54) is 50.5 Å². The predicted octanol–water partition coefficient (Wildman–Crippen LogP) is 4.56.